The first-order valence-electron chi connectivity index (χ1n) is 5.51. The minimum Gasteiger partial charge on any atom is -0.545 e. The molecule has 0 saturated carbocycles. The Labute approximate surface area is 105 Å². The van der Waals surface area contributed by atoms with Crippen LogP contribution in [0.5, 0.6) is 0 Å². The summed E-state index contributed by atoms with van der Waals surface area (Å²) in [6.45, 7) is 1.52. The number of hydrogen-bond acceptors (Lipinski definition) is 3. The highest BCUT2D eigenvalue weighted by atomic mass is 16.4. The molecule has 0 aliphatic heterocycles. The van der Waals surface area contributed by atoms with E-state index in [1.54, 1.807) is 24.3 Å². The van der Waals surface area contributed by atoms with Gasteiger partial charge in [0.2, 0.25) is 0 Å². The largest absolute Gasteiger partial charge is 0.545 e. The second kappa shape index (κ2) is 4.84. The van der Waals surface area contributed by atoms with E-state index in [2.05, 4.69) is 0 Å². The fourth-order valence-electron chi connectivity index (χ4n) is 1.70. The van der Waals surface area contributed by atoms with E-state index in [1.807, 2.05) is 12.1 Å². The Morgan fingerprint density at radius 2 is 1.17 bits per heavy atom. The SMILES string of the molecule is CC(=O)c1ccc(-c2ccc(C(=O)[O-])cc2)cc1. The highest BCUT2D eigenvalue weighted by molar-refractivity contribution is 5.94. The van der Waals surface area contributed by atoms with Crippen molar-refractivity contribution in [1.82, 2.24) is 0 Å². The first kappa shape index (κ1) is 12.0. The maximum Gasteiger partial charge on any atom is 0.159 e. The van der Waals surface area contributed by atoms with Crippen LogP contribution in [0, 0.1) is 0 Å². The van der Waals surface area contributed by atoms with E-state index in [0.29, 0.717) is 5.56 Å². The van der Waals surface area contributed by atoms with Crippen LogP contribution in [-0.4, -0.2) is 11.8 Å². The van der Waals surface area contributed by atoms with Crippen molar-refractivity contribution < 1.29 is 14.7 Å². The molecule has 2 aromatic rings. The lowest BCUT2D eigenvalue weighted by molar-refractivity contribution is -0.255. The summed E-state index contributed by atoms with van der Waals surface area (Å²) in [5, 5.41) is 10.6. The van der Waals surface area contributed by atoms with Crippen molar-refractivity contribution in [3.8, 4) is 11.1 Å². The topological polar surface area (TPSA) is 57.2 Å². The molecule has 0 spiro atoms. The van der Waals surface area contributed by atoms with E-state index in [9.17, 15) is 14.7 Å². The summed E-state index contributed by atoms with van der Waals surface area (Å²) in [6.07, 6.45) is 0. The molecule has 3 heteroatoms. The zero-order valence-corrected chi connectivity index (χ0v) is 9.84. The standard InChI is InChI=1S/C15H12O3/c1-10(16)11-2-4-12(5-3-11)13-6-8-14(9-7-13)15(17)18/h2-9H,1H3,(H,17,18)/p-1. The molecule has 0 heterocycles. The Bertz CT molecular complexity index is 525. The van der Waals surface area contributed by atoms with Crippen LogP contribution in [0.25, 0.3) is 11.1 Å². The number of ketones is 1. The van der Waals surface area contributed by atoms with E-state index in [4.69, 9.17) is 0 Å². The number of carbonyl (C=O) groups is 2. The van der Waals surface area contributed by atoms with Gasteiger partial charge in [-0.25, -0.2) is 0 Å². The van der Waals surface area contributed by atoms with Gasteiger partial charge in [-0.3, -0.25) is 4.79 Å². The smallest absolute Gasteiger partial charge is 0.159 e. The number of rotatable bonds is 3. The molecule has 0 N–H and O–H groups in total. The molecule has 90 valence electrons. The summed E-state index contributed by atoms with van der Waals surface area (Å²) in [4.78, 5) is 21.8. The van der Waals surface area contributed by atoms with Gasteiger partial charge in [0, 0.05) is 5.56 Å². The Morgan fingerprint density at radius 1 is 0.778 bits per heavy atom. The summed E-state index contributed by atoms with van der Waals surface area (Å²) in [7, 11) is 0. The van der Waals surface area contributed by atoms with Crippen LogP contribution < -0.4 is 5.11 Å². The van der Waals surface area contributed by atoms with Gasteiger partial charge < -0.3 is 9.90 Å². The predicted octanol–water partition coefficient (Wildman–Crippen LogP) is 1.92. The van der Waals surface area contributed by atoms with E-state index < -0.39 is 5.97 Å². The van der Waals surface area contributed by atoms with Crippen molar-refractivity contribution in [2.75, 3.05) is 0 Å². The van der Waals surface area contributed by atoms with E-state index >= 15 is 0 Å². The fourth-order valence-corrected chi connectivity index (χ4v) is 1.70. The zero-order valence-electron chi connectivity index (χ0n) is 9.84. The van der Waals surface area contributed by atoms with Crippen molar-refractivity contribution in [3.05, 3.63) is 59.7 Å². The highest BCUT2D eigenvalue weighted by Gasteiger charge is 2.01. The van der Waals surface area contributed by atoms with Gasteiger partial charge in [-0.1, -0.05) is 48.5 Å². The molecule has 18 heavy (non-hydrogen) atoms. The molecule has 0 amide bonds. The predicted molar refractivity (Wildman–Crippen MR) is 66.2 cm³/mol. The lowest BCUT2D eigenvalue weighted by Gasteiger charge is -2.05. The van der Waals surface area contributed by atoms with Crippen LogP contribution in [0.2, 0.25) is 0 Å². The molecule has 0 atom stereocenters. The summed E-state index contributed by atoms with van der Waals surface area (Å²) in [5.74, 6) is -1.16. The minimum absolute atomic E-state index is 0.0221. The third-order valence-corrected chi connectivity index (χ3v) is 2.75. The average Bonchev–Trinajstić information content (AvgIpc) is 2.39. The molecule has 0 radical (unpaired) electrons. The summed E-state index contributed by atoms with van der Waals surface area (Å²) in [6, 6.07) is 13.6. The van der Waals surface area contributed by atoms with Crippen molar-refractivity contribution >= 4 is 11.8 Å². The molecule has 0 aromatic heterocycles. The molecule has 0 fully saturated rings. The van der Waals surface area contributed by atoms with Gasteiger partial charge in [0.25, 0.3) is 0 Å². The van der Waals surface area contributed by atoms with E-state index in [-0.39, 0.29) is 11.3 Å². The molecule has 2 aromatic carbocycles. The summed E-state index contributed by atoms with van der Waals surface area (Å²) >= 11 is 0. The average molecular weight is 239 g/mol. The maximum absolute atomic E-state index is 11.1. The van der Waals surface area contributed by atoms with Crippen LogP contribution in [0.15, 0.2) is 48.5 Å². The van der Waals surface area contributed by atoms with Gasteiger partial charge >= 0.3 is 0 Å². The molecular weight excluding hydrogens is 228 g/mol. The van der Waals surface area contributed by atoms with Crippen molar-refractivity contribution in [2.24, 2.45) is 0 Å². The number of carbonyl (C=O) groups excluding carboxylic acids is 2. The maximum atomic E-state index is 11.1. The molecule has 0 bridgehead atoms. The molecule has 0 saturated heterocycles. The van der Waals surface area contributed by atoms with Crippen LogP contribution >= 0.6 is 0 Å². The zero-order chi connectivity index (χ0) is 13.1. The number of benzene rings is 2. The Kier molecular flexibility index (Phi) is 3.24. The lowest BCUT2D eigenvalue weighted by atomic mass is 10.0. The van der Waals surface area contributed by atoms with Crippen molar-refractivity contribution in [3.63, 3.8) is 0 Å². The van der Waals surface area contributed by atoms with Crippen LogP contribution in [0.3, 0.4) is 0 Å². The Balaban J connectivity index is 2.31. The Hall–Kier alpha value is -2.42. The summed E-state index contributed by atoms with van der Waals surface area (Å²) in [5.41, 5.74) is 2.64. The number of carboxylic acids is 1. The molecular formula is C15H11O3-. The van der Waals surface area contributed by atoms with E-state index in [0.717, 1.165) is 11.1 Å². The van der Waals surface area contributed by atoms with Gasteiger partial charge in [-0.15, -0.1) is 0 Å². The molecule has 0 aliphatic rings. The van der Waals surface area contributed by atoms with Gasteiger partial charge in [-0.05, 0) is 23.6 Å². The number of carboxylic acid groups (broad SMARTS) is 1. The normalized spacial score (nSPS) is 10.1. The lowest BCUT2D eigenvalue weighted by Crippen LogP contribution is -2.21. The molecule has 0 unspecified atom stereocenters. The second-order valence-corrected chi connectivity index (χ2v) is 4.00. The summed E-state index contributed by atoms with van der Waals surface area (Å²) < 4.78 is 0. The first-order valence-corrected chi connectivity index (χ1v) is 5.51. The first-order chi connectivity index (χ1) is 8.58. The third-order valence-electron chi connectivity index (χ3n) is 2.75. The van der Waals surface area contributed by atoms with Gasteiger partial charge in [0.15, 0.2) is 5.78 Å². The quantitative estimate of drug-likeness (QED) is 0.769. The monoisotopic (exact) mass is 239 g/mol. The van der Waals surface area contributed by atoms with Crippen LogP contribution in [-0.2, 0) is 0 Å². The van der Waals surface area contributed by atoms with Crippen LogP contribution in [0.1, 0.15) is 27.6 Å². The second-order valence-electron chi connectivity index (χ2n) is 4.00. The van der Waals surface area contributed by atoms with Gasteiger partial charge in [0.05, 0.1) is 5.97 Å². The number of hydrogen-bond donors (Lipinski definition) is 0. The number of Topliss-reactive ketones (excluding diaryl/α,β-unsaturated/α-hetero) is 1. The highest BCUT2D eigenvalue weighted by Crippen LogP contribution is 2.20. The Morgan fingerprint density at radius 3 is 1.50 bits per heavy atom. The molecule has 3 nitrogen and oxygen atoms in total. The number of aromatic carboxylic acids is 1. The molecule has 0 aliphatic carbocycles. The van der Waals surface area contributed by atoms with Gasteiger partial charge in [0.1, 0.15) is 0 Å². The molecule has 2 rings (SSSR count). The van der Waals surface area contributed by atoms with Crippen molar-refractivity contribution in [2.45, 2.75) is 6.92 Å². The van der Waals surface area contributed by atoms with Crippen molar-refractivity contribution in [1.29, 1.82) is 0 Å². The van der Waals surface area contributed by atoms with Crippen LogP contribution in [0.4, 0.5) is 0 Å². The van der Waals surface area contributed by atoms with Gasteiger partial charge in [-0.2, -0.15) is 0 Å². The van der Waals surface area contributed by atoms with E-state index in [1.165, 1.54) is 19.1 Å². The fraction of sp³-hybridized carbons (Fsp3) is 0.0667. The minimum atomic E-state index is -1.19. The third kappa shape index (κ3) is 2.46.